The first-order valence-electron chi connectivity index (χ1n) is 5.09. The summed E-state index contributed by atoms with van der Waals surface area (Å²) in [4.78, 5) is 0. The van der Waals surface area contributed by atoms with Crippen LogP contribution in [0.4, 0.5) is 5.82 Å². The Labute approximate surface area is 84.1 Å². The van der Waals surface area contributed by atoms with Crippen molar-refractivity contribution in [3.05, 3.63) is 17.8 Å². The predicted octanol–water partition coefficient (Wildman–Crippen LogP) is 0.670. The molecule has 0 amide bonds. The molecule has 0 spiro atoms. The molecule has 1 aliphatic heterocycles. The van der Waals surface area contributed by atoms with Crippen LogP contribution >= 0.6 is 0 Å². The van der Waals surface area contributed by atoms with Gasteiger partial charge in [-0.3, -0.25) is 0 Å². The van der Waals surface area contributed by atoms with Gasteiger partial charge in [-0.25, -0.2) is 0 Å². The van der Waals surface area contributed by atoms with Crippen LogP contribution in [0.5, 0.6) is 0 Å². The molecule has 4 nitrogen and oxygen atoms in total. The lowest BCUT2D eigenvalue weighted by Gasteiger charge is -2.06. The van der Waals surface area contributed by atoms with Crippen molar-refractivity contribution in [3.8, 4) is 0 Å². The highest BCUT2D eigenvalue weighted by Crippen LogP contribution is 2.13. The minimum atomic E-state index is 0.740. The van der Waals surface area contributed by atoms with Gasteiger partial charge >= 0.3 is 0 Å². The van der Waals surface area contributed by atoms with Crippen molar-refractivity contribution in [2.24, 2.45) is 5.92 Å². The number of anilines is 1. The average molecular weight is 192 g/mol. The summed E-state index contributed by atoms with van der Waals surface area (Å²) in [6.45, 7) is 2.27. The van der Waals surface area contributed by atoms with E-state index in [1.54, 1.807) is 0 Å². The van der Waals surface area contributed by atoms with E-state index < -0.39 is 0 Å². The standard InChI is InChI=1S/C10H16N4/c1-11-10-3-2-9(13-14-10)6-8-4-5-12-7-8/h2-3,8,12H,4-7H2,1H3,(H,11,14)/t8-/m1/s1. The van der Waals surface area contributed by atoms with Gasteiger partial charge in [0.25, 0.3) is 0 Å². The fourth-order valence-electron chi connectivity index (χ4n) is 1.79. The van der Waals surface area contributed by atoms with E-state index in [1.165, 1.54) is 6.42 Å². The summed E-state index contributed by atoms with van der Waals surface area (Å²) in [6.07, 6.45) is 2.31. The predicted molar refractivity (Wildman–Crippen MR) is 56.3 cm³/mol. The quantitative estimate of drug-likeness (QED) is 0.739. The van der Waals surface area contributed by atoms with Crippen LogP contribution < -0.4 is 10.6 Å². The van der Waals surface area contributed by atoms with Crippen molar-refractivity contribution in [1.29, 1.82) is 0 Å². The van der Waals surface area contributed by atoms with Crippen molar-refractivity contribution in [1.82, 2.24) is 15.5 Å². The Balaban J connectivity index is 1.95. The van der Waals surface area contributed by atoms with E-state index in [1.807, 2.05) is 13.1 Å². The highest BCUT2D eigenvalue weighted by atomic mass is 15.2. The third-order valence-corrected chi connectivity index (χ3v) is 2.64. The molecule has 2 N–H and O–H groups in total. The van der Waals surface area contributed by atoms with E-state index >= 15 is 0 Å². The average Bonchev–Trinajstić information content (AvgIpc) is 2.72. The maximum absolute atomic E-state index is 4.17. The normalized spacial score (nSPS) is 21.1. The lowest BCUT2D eigenvalue weighted by Crippen LogP contribution is -2.11. The van der Waals surface area contributed by atoms with Crippen LogP contribution in [-0.2, 0) is 6.42 Å². The van der Waals surface area contributed by atoms with Crippen LogP contribution in [0.3, 0.4) is 0 Å². The van der Waals surface area contributed by atoms with Crippen LogP contribution in [0.25, 0.3) is 0 Å². The topological polar surface area (TPSA) is 49.8 Å². The van der Waals surface area contributed by atoms with Crippen molar-refractivity contribution in [2.45, 2.75) is 12.8 Å². The lowest BCUT2D eigenvalue weighted by atomic mass is 10.0. The first-order valence-corrected chi connectivity index (χ1v) is 5.09. The largest absolute Gasteiger partial charge is 0.372 e. The summed E-state index contributed by atoms with van der Waals surface area (Å²) in [5.74, 6) is 1.57. The Hall–Kier alpha value is -1.16. The third kappa shape index (κ3) is 2.20. The molecule has 0 aliphatic carbocycles. The Bertz CT molecular complexity index is 277. The molecule has 4 heteroatoms. The molecule has 0 aromatic carbocycles. The van der Waals surface area contributed by atoms with E-state index in [0.717, 1.165) is 36.9 Å². The van der Waals surface area contributed by atoms with Crippen molar-refractivity contribution in [2.75, 3.05) is 25.5 Å². The summed E-state index contributed by atoms with van der Waals surface area (Å²) < 4.78 is 0. The first-order chi connectivity index (χ1) is 6.88. The number of nitrogens with zero attached hydrogens (tertiary/aromatic N) is 2. The molecule has 1 aromatic heterocycles. The van der Waals surface area contributed by atoms with E-state index in [4.69, 9.17) is 0 Å². The smallest absolute Gasteiger partial charge is 0.148 e. The number of nitrogens with one attached hydrogen (secondary N) is 2. The Morgan fingerprint density at radius 3 is 3.00 bits per heavy atom. The molecule has 76 valence electrons. The number of hydrogen-bond acceptors (Lipinski definition) is 4. The fraction of sp³-hybridized carbons (Fsp3) is 0.600. The highest BCUT2D eigenvalue weighted by molar-refractivity contribution is 5.31. The van der Waals surface area contributed by atoms with E-state index in [9.17, 15) is 0 Å². The Morgan fingerprint density at radius 1 is 1.50 bits per heavy atom. The molecule has 1 aliphatic rings. The van der Waals surface area contributed by atoms with Crippen LogP contribution in [0, 0.1) is 5.92 Å². The lowest BCUT2D eigenvalue weighted by molar-refractivity contribution is 0.567. The second-order valence-corrected chi connectivity index (χ2v) is 3.72. The van der Waals surface area contributed by atoms with Gasteiger partial charge in [0.15, 0.2) is 0 Å². The Morgan fingerprint density at radius 2 is 2.43 bits per heavy atom. The molecule has 14 heavy (non-hydrogen) atoms. The molecule has 0 unspecified atom stereocenters. The van der Waals surface area contributed by atoms with E-state index in [0.29, 0.717) is 0 Å². The molecule has 2 rings (SSSR count). The van der Waals surface area contributed by atoms with Gasteiger partial charge in [-0.15, -0.1) is 5.10 Å². The number of aromatic nitrogens is 2. The fourth-order valence-corrected chi connectivity index (χ4v) is 1.79. The maximum atomic E-state index is 4.17. The van der Waals surface area contributed by atoms with Crippen LogP contribution in [0.15, 0.2) is 12.1 Å². The molecule has 0 bridgehead atoms. The van der Waals surface area contributed by atoms with Gasteiger partial charge in [-0.1, -0.05) is 0 Å². The van der Waals surface area contributed by atoms with Crippen molar-refractivity contribution in [3.63, 3.8) is 0 Å². The van der Waals surface area contributed by atoms with E-state index in [2.05, 4.69) is 26.9 Å². The molecule has 2 heterocycles. The summed E-state index contributed by atoms with van der Waals surface area (Å²) >= 11 is 0. The Kier molecular flexibility index (Phi) is 2.93. The zero-order valence-electron chi connectivity index (χ0n) is 8.45. The van der Waals surface area contributed by atoms with Gasteiger partial charge in [0.2, 0.25) is 0 Å². The molecule has 1 aromatic rings. The van der Waals surface area contributed by atoms with Crippen LogP contribution in [0.1, 0.15) is 12.1 Å². The summed E-state index contributed by atoms with van der Waals surface area (Å²) in [5.41, 5.74) is 1.10. The molecular weight excluding hydrogens is 176 g/mol. The molecule has 0 radical (unpaired) electrons. The van der Waals surface area contributed by atoms with Gasteiger partial charge in [0.1, 0.15) is 5.82 Å². The number of hydrogen-bond donors (Lipinski definition) is 2. The zero-order chi connectivity index (χ0) is 9.80. The second kappa shape index (κ2) is 4.37. The maximum Gasteiger partial charge on any atom is 0.148 e. The highest BCUT2D eigenvalue weighted by Gasteiger charge is 2.15. The van der Waals surface area contributed by atoms with Gasteiger partial charge < -0.3 is 10.6 Å². The van der Waals surface area contributed by atoms with Gasteiger partial charge in [-0.2, -0.15) is 5.10 Å². The third-order valence-electron chi connectivity index (χ3n) is 2.64. The van der Waals surface area contributed by atoms with E-state index in [-0.39, 0.29) is 0 Å². The van der Waals surface area contributed by atoms with Crippen molar-refractivity contribution < 1.29 is 0 Å². The minimum Gasteiger partial charge on any atom is -0.372 e. The first kappa shape index (κ1) is 9.40. The SMILES string of the molecule is CNc1ccc(C[C@H]2CCNC2)nn1. The summed E-state index contributed by atoms with van der Waals surface area (Å²) in [6, 6.07) is 4.03. The van der Waals surface area contributed by atoms with Gasteiger partial charge in [0, 0.05) is 7.05 Å². The molecule has 1 fully saturated rings. The summed E-state index contributed by atoms with van der Waals surface area (Å²) in [7, 11) is 1.85. The molecule has 1 atom stereocenters. The minimum absolute atomic E-state index is 0.740. The molecule has 1 saturated heterocycles. The molecule has 0 saturated carbocycles. The van der Waals surface area contributed by atoms with Gasteiger partial charge in [-0.05, 0) is 44.0 Å². The van der Waals surface area contributed by atoms with Crippen LogP contribution in [0.2, 0.25) is 0 Å². The molecular formula is C10H16N4. The number of rotatable bonds is 3. The van der Waals surface area contributed by atoms with Crippen LogP contribution in [-0.4, -0.2) is 30.3 Å². The monoisotopic (exact) mass is 192 g/mol. The van der Waals surface area contributed by atoms with Crippen molar-refractivity contribution >= 4 is 5.82 Å². The summed E-state index contributed by atoms with van der Waals surface area (Å²) in [5, 5.41) is 14.5. The second-order valence-electron chi connectivity index (χ2n) is 3.72. The zero-order valence-corrected chi connectivity index (χ0v) is 8.45. The van der Waals surface area contributed by atoms with Gasteiger partial charge in [0.05, 0.1) is 5.69 Å².